The molecule has 0 N–H and O–H groups in total. The molecule has 0 bridgehead atoms. The summed E-state index contributed by atoms with van der Waals surface area (Å²) in [6.45, 7) is 5.05. The van der Waals surface area contributed by atoms with Gasteiger partial charge in [0, 0.05) is 5.33 Å². The van der Waals surface area contributed by atoms with Crippen molar-refractivity contribution >= 4 is 26.6 Å². The van der Waals surface area contributed by atoms with Crippen molar-refractivity contribution in [3.63, 3.8) is 0 Å². The van der Waals surface area contributed by atoms with Crippen molar-refractivity contribution in [2.75, 3.05) is 31.8 Å². The molecule has 0 saturated carbocycles. The summed E-state index contributed by atoms with van der Waals surface area (Å²) in [5, 5.41) is 0.797. The molecule has 14 heavy (non-hydrogen) atoms. The molecule has 0 aliphatic heterocycles. The van der Waals surface area contributed by atoms with Crippen LogP contribution in [-0.2, 0) is 20.2 Å². The maximum atomic E-state index is 10.7. The minimum Gasteiger partial charge on any atom is -0.378 e. The third-order valence-corrected chi connectivity index (χ3v) is 2.98. The van der Waals surface area contributed by atoms with Crippen LogP contribution in [0.25, 0.3) is 0 Å². The van der Waals surface area contributed by atoms with Gasteiger partial charge in [-0.25, -0.2) is 8.42 Å². The fourth-order valence-electron chi connectivity index (χ4n) is 0.649. The lowest BCUT2D eigenvalue weighted by atomic mass is 10.2. The summed E-state index contributed by atoms with van der Waals surface area (Å²) in [7, 11) is -2.44. The van der Waals surface area contributed by atoms with Crippen molar-refractivity contribution in [2.24, 2.45) is 0 Å². The molecule has 86 valence electrons. The molecular formula is C8H17BrO4S. The van der Waals surface area contributed by atoms with Gasteiger partial charge in [0.05, 0.1) is 31.2 Å². The highest BCUT2D eigenvalue weighted by molar-refractivity contribution is 9.09. The molecule has 0 spiro atoms. The minimum absolute atomic E-state index is 0.212. The monoisotopic (exact) mass is 288 g/mol. The van der Waals surface area contributed by atoms with Crippen LogP contribution in [0.15, 0.2) is 0 Å². The summed E-state index contributed by atoms with van der Waals surface area (Å²) in [5.41, 5.74) is 0. The van der Waals surface area contributed by atoms with Crippen LogP contribution < -0.4 is 0 Å². The van der Waals surface area contributed by atoms with E-state index in [1.54, 1.807) is 13.8 Å². The van der Waals surface area contributed by atoms with Gasteiger partial charge in [0.25, 0.3) is 0 Å². The fraction of sp³-hybridized carbons (Fsp3) is 1.00. The lowest BCUT2D eigenvalue weighted by Crippen LogP contribution is -2.29. The molecule has 0 heterocycles. The van der Waals surface area contributed by atoms with E-state index in [-0.39, 0.29) is 6.61 Å². The molecule has 0 aromatic heterocycles. The molecule has 0 unspecified atom stereocenters. The van der Waals surface area contributed by atoms with Gasteiger partial charge in [0.15, 0.2) is 0 Å². The van der Waals surface area contributed by atoms with Crippen LogP contribution >= 0.6 is 15.9 Å². The van der Waals surface area contributed by atoms with Gasteiger partial charge in [-0.3, -0.25) is 0 Å². The van der Waals surface area contributed by atoms with Gasteiger partial charge in [-0.2, -0.15) is 0 Å². The molecule has 0 aromatic carbocycles. The minimum atomic E-state index is -2.44. The van der Waals surface area contributed by atoms with Gasteiger partial charge < -0.3 is 9.47 Å². The molecular weight excluding hydrogens is 272 g/mol. The van der Waals surface area contributed by atoms with Crippen LogP contribution in [0, 0.1) is 0 Å². The van der Waals surface area contributed by atoms with Crippen molar-refractivity contribution < 1.29 is 17.9 Å². The van der Waals surface area contributed by atoms with Crippen molar-refractivity contribution in [3.8, 4) is 0 Å². The summed E-state index contributed by atoms with van der Waals surface area (Å²) in [6, 6.07) is 0. The second-order valence-electron chi connectivity index (χ2n) is 3.42. The Kier molecular flexibility index (Phi) is 7.81. The molecule has 0 amide bonds. The van der Waals surface area contributed by atoms with Crippen molar-refractivity contribution in [3.05, 3.63) is 0 Å². The molecule has 0 fully saturated rings. The molecule has 0 atom stereocenters. The smallest absolute Gasteiger partial charge is 0.147 e. The van der Waals surface area contributed by atoms with Crippen LogP contribution in [0.4, 0.5) is 0 Å². The average molecular weight is 289 g/mol. The Morgan fingerprint density at radius 2 is 1.71 bits per heavy atom. The predicted octanol–water partition coefficient (Wildman–Crippen LogP) is 0.804. The Morgan fingerprint density at radius 3 is 2.21 bits per heavy atom. The number of halogens is 1. The molecule has 0 aromatic rings. The van der Waals surface area contributed by atoms with E-state index in [1.165, 1.54) is 0 Å². The first-order valence-corrected chi connectivity index (χ1v) is 6.66. The van der Waals surface area contributed by atoms with Crippen molar-refractivity contribution in [1.82, 2.24) is 0 Å². The standard InChI is InChI=1S/C8H17BrO4S/c1-8(2,14(10)11)7-13-6-5-12-4-3-9/h14H,3-7H2,1-2H3. The van der Waals surface area contributed by atoms with Crippen LogP contribution in [0.2, 0.25) is 0 Å². The molecule has 0 rings (SSSR count). The van der Waals surface area contributed by atoms with E-state index in [9.17, 15) is 8.42 Å². The van der Waals surface area contributed by atoms with Gasteiger partial charge in [-0.05, 0) is 13.8 Å². The van der Waals surface area contributed by atoms with E-state index in [4.69, 9.17) is 9.47 Å². The van der Waals surface area contributed by atoms with Crippen LogP contribution in [0.1, 0.15) is 13.8 Å². The van der Waals surface area contributed by atoms with Crippen LogP contribution in [0.5, 0.6) is 0 Å². The number of ether oxygens (including phenoxy) is 2. The van der Waals surface area contributed by atoms with Crippen LogP contribution in [0.3, 0.4) is 0 Å². The summed E-state index contributed by atoms with van der Waals surface area (Å²) in [4.78, 5) is 0. The van der Waals surface area contributed by atoms with E-state index in [0.717, 1.165) is 5.33 Å². The van der Waals surface area contributed by atoms with Crippen molar-refractivity contribution in [2.45, 2.75) is 18.6 Å². The molecule has 4 nitrogen and oxygen atoms in total. The molecule has 0 aliphatic carbocycles. The van der Waals surface area contributed by atoms with E-state index < -0.39 is 15.5 Å². The molecule has 0 aliphatic rings. The maximum absolute atomic E-state index is 10.7. The van der Waals surface area contributed by atoms with E-state index in [2.05, 4.69) is 15.9 Å². The highest BCUT2D eigenvalue weighted by Crippen LogP contribution is 2.07. The summed E-state index contributed by atoms with van der Waals surface area (Å²) in [6.07, 6.45) is 0. The highest BCUT2D eigenvalue weighted by atomic mass is 79.9. The zero-order valence-electron chi connectivity index (χ0n) is 8.49. The Balaban J connectivity index is 3.45. The lowest BCUT2D eigenvalue weighted by Gasteiger charge is -2.16. The second-order valence-corrected chi connectivity index (χ2v) is 5.94. The van der Waals surface area contributed by atoms with Gasteiger partial charge >= 0.3 is 0 Å². The van der Waals surface area contributed by atoms with Gasteiger partial charge in [0.1, 0.15) is 10.7 Å². The average Bonchev–Trinajstić information content (AvgIpc) is 2.10. The Bertz CT molecular complexity index is 207. The zero-order valence-corrected chi connectivity index (χ0v) is 11.0. The summed E-state index contributed by atoms with van der Waals surface area (Å²) in [5.74, 6) is 0. The zero-order chi connectivity index (χ0) is 11.0. The number of hydrogen-bond acceptors (Lipinski definition) is 4. The van der Waals surface area contributed by atoms with Crippen LogP contribution in [-0.4, -0.2) is 44.9 Å². The maximum Gasteiger partial charge on any atom is 0.147 e. The Hall–Kier alpha value is 0.350. The first-order valence-electron chi connectivity index (χ1n) is 4.36. The number of hydrogen-bond donors (Lipinski definition) is 1. The van der Waals surface area contributed by atoms with Gasteiger partial charge in [0.2, 0.25) is 0 Å². The van der Waals surface area contributed by atoms with Crippen molar-refractivity contribution in [1.29, 1.82) is 0 Å². The van der Waals surface area contributed by atoms with Gasteiger partial charge in [-0.1, -0.05) is 15.9 Å². The first kappa shape index (κ1) is 14.3. The lowest BCUT2D eigenvalue weighted by molar-refractivity contribution is 0.0471. The summed E-state index contributed by atoms with van der Waals surface area (Å²) < 4.78 is 30.9. The topological polar surface area (TPSA) is 52.6 Å². The Labute approximate surface area is 95.0 Å². The van der Waals surface area contributed by atoms with E-state index >= 15 is 0 Å². The highest BCUT2D eigenvalue weighted by Gasteiger charge is 2.21. The van der Waals surface area contributed by atoms with E-state index in [0.29, 0.717) is 19.8 Å². The second kappa shape index (κ2) is 7.62. The molecule has 0 radical (unpaired) electrons. The van der Waals surface area contributed by atoms with E-state index in [1.807, 2.05) is 0 Å². The number of thiol groups is 1. The normalized spacial score (nSPS) is 12.3. The largest absolute Gasteiger partial charge is 0.378 e. The third kappa shape index (κ3) is 6.75. The quantitative estimate of drug-likeness (QED) is 0.408. The van der Waals surface area contributed by atoms with Gasteiger partial charge in [-0.15, -0.1) is 0 Å². The number of alkyl halides is 1. The Morgan fingerprint density at radius 1 is 1.14 bits per heavy atom. The molecule has 6 heteroatoms. The number of rotatable bonds is 8. The summed E-state index contributed by atoms with van der Waals surface area (Å²) >= 11 is 3.22. The SMILES string of the molecule is CC(C)(COCCOCCBr)[SH](=O)=O. The molecule has 0 saturated heterocycles. The first-order chi connectivity index (χ1) is 6.50. The predicted molar refractivity (Wildman–Crippen MR) is 59.8 cm³/mol. The fourth-order valence-corrected chi connectivity index (χ4v) is 1.07. The third-order valence-electron chi connectivity index (χ3n) is 1.54.